The van der Waals surface area contributed by atoms with Crippen molar-refractivity contribution in [3.63, 3.8) is 0 Å². The largest absolute Gasteiger partial charge is 0.448 e. The standard InChI is InChI=1S/C23H21N3O.C22H20N4O.C19H20N4O.C18H18N4O/c1-24-17-10-5-4-9-16(17)15-21(24)18-12-8-13-20(25(18)2)23-26(3)19-11-6-7-14-22(19)27-23;1-24-18(21-23-15-9-4-5-10-16(15)25(21)2)12-8-13-19(24)22-26(3)17-11-6-7-14-20(17)27-22;1-13-20-12-17(21(13)2)14-9-7-10-16(22(14)3)19-23(4)15-8-5-6-11-18(15)24-19;1-20-12-11-19-17(20)14-8-6-9-15(21(14)2)18-22(3)13-7-4-5-10-16(13)23-18/h4-15H,1-3H3;4-14H,1-3H3;5-12H,1-4H3;4-12H,1-3H3/q4*+2. The number of aromatic nitrogens is 15. The van der Waals surface area contributed by atoms with E-state index in [1.54, 1.807) is 0 Å². The summed E-state index contributed by atoms with van der Waals surface area (Å²) in [6, 6.07) is 76.2. The summed E-state index contributed by atoms with van der Waals surface area (Å²) in [7, 11) is 24.6. The van der Waals surface area contributed by atoms with Gasteiger partial charge in [0.25, 0.3) is 22.1 Å². The molecule has 0 unspecified atom stereocenters. The van der Waals surface area contributed by atoms with Crippen molar-refractivity contribution in [2.75, 3.05) is 0 Å². The lowest BCUT2D eigenvalue weighted by molar-refractivity contribution is -0.676. The third-order valence-electron chi connectivity index (χ3n) is 19.5. The van der Waals surface area contributed by atoms with E-state index in [4.69, 9.17) is 22.7 Å². The Balaban J connectivity index is 0.000000109. The monoisotopic (exact) mass is 1340 g/mol. The van der Waals surface area contributed by atoms with Crippen molar-refractivity contribution < 1.29 is 54.2 Å². The number of imidazole rings is 3. The number of hydrogen-bond acceptors (Lipinski definition) is 7. The Morgan fingerprint density at radius 3 is 1.08 bits per heavy atom. The quantitative estimate of drug-likeness (QED) is 0.138. The zero-order valence-corrected chi connectivity index (χ0v) is 58.9. The van der Waals surface area contributed by atoms with Crippen molar-refractivity contribution in [1.29, 1.82) is 0 Å². The Morgan fingerprint density at radius 2 is 0.683 bits per heavy atom. The fraction of sp³-hybridized carbons (Fsp3) is 0.159. The molecule has 498 valence electrons. The van der Waals surface area contributed by atoms with Crippen LogP contribution in [0.4, 0.5) is 0 Å². The highest BCUT2D eigenvalue weighted by Crippen LogP contribution is 2.30. The van der Waals surface area contributed by atoms with Gasteiger partial charge in [0.15, 0.2) is 0 Å². The third kappa shape index (κ3) is 11.4. The molecule has 18 aromatic rings. The maximum absolute atomic E-state index is 6.18. The summed E-state index contributed by atoms with van der Waals surface area (Å²) in [6.07, 6.45) is 5.67. The maximum Gasteiger partial charge on any atom is 0.448 e. The molecule has 19 heteroatoms. The zero-order chi connectivity index (χ0) is 69.9. The lowest BCUT2D eigenvalue weighted by Crippen LogP contribution is -2.39. The van der Waals surface area contributed by atoms with Gasteiger partial charge in [-0.05, 0) is 79.7 Å². The number of oxazole rings is 4. The molecule has 0 radical (unpaired) electrons. The molecule has 12 heterocycles. The first-order valence-corrected chi connectivity index (χ1v) is 33.5. The zero-order valence-electron chi connectivity index (χ0n) is 58.9. The molecular weight excluding hydrogens is 1260 g/mol. The SMILES string of the molecule is Cc1ncc(-c2cccc(-c3oc4ccccc4[n+]3C)[n+]2C)n1C.Cn1c(-c2cccc(-c3oc4ccccc4[n+]3C)[n+]2C)cc2ccccc21.Cn1c(-c2cccc(-c3oc4ccccc4[n+]3C)[n+]2C)nc2ccccc21.Cn1ccnc1-c1cccc(-c2oc3ccccc3[n+]2C)[n+]1C. The third-order valence-corrected chi connectivity index (χ3v) is 19.5. The van der Waals surface area contributed by atoms with E-state index in [1.807, 2.05) is 176 Å². The Morgan fingerprint density at radius 1 is 0.317 bits per heavy atom. The van der Waals surface area contributed by atoms with E-state index in [9.17, 15) is 0 Å². The van der Waals surface area contributed by atoms with Crippen LogP contribution in [0, 0.1) is 6.92 Å². The van der Waals surface area contributed by atoms with E-state index in [1.165, 1.54) is 16.6 Å². The highest BCUT2D eigenvalue weighted by atomic mass is 16.4. The Hall–Kier alpha value is -12.8. The predicted molar refractivity (Wildman–Crippen MR) is 387 cm³/mol. The van der Waals surface area contributed by atoms with Gasteiger partial charge in [0.1, 0.15) is 73.6 Å². The van der Waals surface area contributed by atoms with Gasteiger partial charge < -0.3 is 35.9 Å². The fourth-order valence-corrected chi connectivity index (χ4v) is 13.7. The number of nitrogens with zero attached hydrogens (tertiary/aromatic N) is 15. The number of rotatable bonds is 8. The molecule has 18 rings (SSSR count). The normalized spacial score (nSPS) is 11.4. The number of pyridine rings is 4. The number of fused-ring (bicyclic) bond motifs is 6. The van der Waals surface area contributed by atoms with Gasteiger partial charge in [-0.3, -0.25) is 0 Å². The van der Waals surface area contributed by atoms with E-state index in [-0.39, 0.29) is 0 Å². The van der Waals surface area contributed by atoms with Crippen LogP contribution in [0.1, 0.15) is 5.82 Å². The summed E-state index contributed by atoms with van der Waals surface area (Å²) in [5, 5.41) is 1.25. The van der Waals surface area contributed by atoms with Gasteiger partial charge in [-0.15, -0.1) is 0 Å². The van der Waals surface area contributed by atoms with E-state index < -0.39 is 0 Å². The molecule has 0 spiro atoms. The van der Waals surface area contributed by atoms with Crippen LogP contribution in [0.2, 0.25) is 0 Å². The van der Waals surface area contributed by atoms with Crippen LogP contribution in [-0.4, -0.2) is 33.2 Å². The van der Waals surface area contributed by atoms with Crippen molar-refractivity contribution in [1.82, 2.24) is 33.2 Å². The lowest BCUT2D eigenvalue weighted by Gasteiger charge is -2.04. The van der Waals surface area contributed by atoms with E-state index >= 15 is 0 Å². The summed E-state index contributed by atoms with van der Waals surface area (Å²) < 4.78 is 50.0. The highest BCUT2D eigenvalue weighted by molar-refractivity contribution is 5.86. The lowest BCUT2D eigenvalue weighted by atomic mass is 10.2. The minimum atomic E-state index is 0.819. The molecule has 0 fully saturated rings. The van der Waals surface area contributed by atoms with Crippen LogP contribution in [0.15, 0.2) is 261 Å². The van der Waals surface area contributed by atoms with Gasteiger partial charge in [-0.25, -0.2) is 15.0 Å². The van der Waals surface area contributed by atoms with Gasteiger partial charge in [0, 0.05) is 124 Å². The van der Waals surface area contributed by atoms with Gasteiger partial charge in [0.05, 0.1) is 17.2 Å². The first-order valence-electron chi connectivity index (χ1n) is 33.5. The first kappa shape index (κ1) is 64.2. The van der Waals surface area contributed by atoms with Gasteiger partial charge >= 0.3 is 46.3 Å². The smallest absolute Gasteiger partial charge is 0.393 e. The van der Waals surface area contributed by atoms with Gasteiger partial charge in [0.2, 0.25) is 56.8 Å². The molecule has 0 aliphatic heterocycles. The number of hydrogen-bond donors (Lipinski definition) is 0. The topological polar surface area (TPSA) is 142 Å². The molecule has 6 aromatic carbocycles. The van der Waals surface area contributed by atoms with Gasteiger partial charge in [-0.1, -0.05) is 78.9 Å². The second-order valence-corrected chi connectivity index (χ2v) is 25.4. The molecule has 0 atom stereocenters. The summed E-state index contributed by atoms with van der Waals surface area (Å²) in [6.45, 7) is 2.01. The molecule has 0 N–H and O–H groups in total. The van der Waals surface area contributed by atoms with Crippen LogP contribution < -0.4 is 36.5 Å². The van der Waals surface area contributed by atoms with Gasteiger partial charge in [-0.2, -0.15) is 36.5 Å². The summed E-state index contributed by atoms with van der Waals surface area (Å²) in [5.74, 6) is 6.17. The summed E-state index contributed by atoms with van der Waals surface area (Å²) in [5.41, 5.74) is 21.8. The Kier molecular flexibility index (Phi) is 16.7. The first-order chi connectivity index (χ1) is 49.0. The van der Waals surface area contributed by atoms with Crippen molar-refractivity contribution in [3.8, 4) is 92.2 Å². The van der Waals surface area contributed by atoms with Crippen molar-refractivity contribution in [2.24, 2.45) is 84.6 Å². The van der Waals surface area contributed by atoms with Crippen molar-refractivity contribution >= 4 is 66.3 Å². The number of benzene rings is 6. The van der Waals surface area contributed by atoms with Crippen LogP contribution >= 0.6 is 0 Å². The fourth-order valence-electron chi connectivity index (χ4n) is 13.7. The molecule has 12 aromatic heterocycles. The average molecular weight is 1340 g/mol. The molecule has 0 aliphatic rings. The van der Waals surface area contributed by atoms with E-state index in [0.717, 1.165) is 148 Å². The minimum Gasteiger partial charge on any atom is -0.393 e. The van der Waals surface area contributed by atoms with Crippen molar-refractivity contribution in [3.05, 3.63) is 249 Å². The molecule has 0 saturated heterocycles. The number of aryl methyl sites for hydroxylation is 8. The molecular formula is C82H79N15O4+8. The molecule has 19 nitrogen and oxygen atoms in total. The molecule has 0 saturated carbocycles. The van der Waals surface area contributed by atoms with Crippen LogP contribution in [0.25, 0.3) is 158 Å². The maximum atomic E-state index is 6.18. The average Bonchev–Trinajstić information content (AvgIpc) is 1.65. The Labute approximate surface area is 583 Å². The predicted octanol–water partition coefficient (Wildman–Crippen LogP) is 11.8. The molecule has 0 bridgehead atoms. The number of para-hydroxylation sites is 11. The minimum absolute atomic E-state index is 0.819. The van der Waals surface area contributed by atoms with Crippen LogP contribution in [0.3, 0.4) is 0 Å². The highest BCUT2D eigenvalue weighted by Gasteiger charge is 2.35. The summed E-state index contributed by atoms with van der Waals surface area (Å²) >= 11 is 0. The second-order valence-electron chi connectivity index (χ2n) is 25.4. The van der Waals surface area contributed by atoms with Crippen LogP contribution in [0.5, 0.6) is 0 Å². The molecule has 0 amide bonds. The second kappa shape index (κ2) is 26.2. The summed E-state index contributed by atoms with van der Waals surface area (Å²) in [4.78, 5) is 13.7. The van der Waals surface area contributed by atoms with E-state index in [2.05, 4.69) is 223 Å². The molecule has 0 aliphatic carbocycles. The Bertz CT molecular complexity index is 5780. The van der Waals surface area contributed by atoms with Crippen LogP contribution in [-0.2, 0) is 84.6 Å². The molecule has 101 heavy (non-hydrogen) atoms. The van der Waals surface area contributed by atoms with E-state index in [0.29, 0.717) is 0 Å². The van der Waals surface area contributed by atoms with Crippen molar-refractivity contribution in [2.45, 2.75) is 6.92 Å².